The zero-order chi connectivity index (χ0) is 11.0. The van der Waals surface area contributed by atoms with Crippen molar-refractivity contribution in [2.45, 2.75) is 25.3 Å². The van der Waals surface area contributed by atoms with Gasteiger partial charge in [-0.1, -0.05) is 0 Å². The van der Waals surface area contributed by atoms with E-state index < -0.39 is 24.5 Å². The zero-order valence-corrected chi connectivity index (χ0v) is 7.90. The molecule has 6 nitrogen and oxygen atoms in total. The molecule has 0 spiro atoms. The summed E-state index contributed by atoms with van der Waals surface area (Å²) in [6, 6.07) is -0.830. The minimum Gasteiger partial charge on any atom is -0.480 e. The first-order valence-electron chi connectivity index (χ1n) is 4.44. The lowest BCUT2D eigenvalue weighted by Gasteiger charge is -2.06. The molecule has 6 heteroatoms. The van der Waals surface area contributed by atoms with Crippen LogP contribution in [0.3, 0.4) is 0 Å². The molecule has 0 aliphatic rings. The molecule has 14 heavy (non-hydrogen) atoms. The third-order valence-corrected chi connectivity index (χ3v) is 1.72. The summed E-state index contributed by atoms with van der Waals surface area (Å²) in [5.74, 6) is -1.43. The van der Waals surface area contributed by atoms with Gasteiger partial charge in [-0.2, -0.15) is 0 Å². The average Bonchev–Trinajstić information content (AvgIpc) is 2.16. The topological polar surface area (TPSA) is 113 Å². The lowest BCUT2D eigenvalue weighted by molar-refractivity contribution is -0.138. The molecule has 0 aliphatic heterocycles. The average molecular weight is 204 g/mol. The molecule has 0 unspecified atom stereocenters. The van der Waals surface area contributed by atoms with Crippen molar-refractivity contribution in [1.29, 1.82) is 0 Å². The molecule has 1 atom stereocenters. The molecule has 0 radical (unpaired) electrons. The van der Waals surface area contributed by atoms with E-state index in [1.165, 1.54) is 0 Å². The second-order valence-corrected chi connectivity index (χ2v) is 2.95. The highest BCUT2D eigenvalue weighted by Gasteiger charge is 2.09. The number of hydrogen-bond donors (Lipinski definition) is 4. The highest BCUT2D eigenvalue weighted by Crippen LogP contribution is 1.97. The Bertz CT molecular complexity index is 196. The van der Waals surface area contributed by atoms with Crippen molar-refractivity contribution in [3.63, 3.8) is 0 Å². The molecule has 82 valence electrons. The lowest BCUT2D eigenvalue weighted by atomic mass is 10.1. The van der Waals surface area contributed by atoms with Crippen molar-refractivity contribution in [1.82, 2.24) is 5.32 Å². The van der Waals surface area contributed by atoms with Gasteiger partial charge in [0.25, 0.3) is 0 Å². The van der Waals surface area contributed by atoms with Crippen molar-refractivity contribution in [3.05, 3.63) is 0 Å². The molecule has 0 bridgehead atoms. The van der Waals surface area contributed by atoms with E-state index in [4.69, 9.17) is 15.9 Å². The van der Waals surface area contributed by atoms with Gasteiger partial charge in [-0.15, -0.1) is 0 Å². The largest absolute Gasteiger partial charge is 0.480 e. The maximum absolute atomic E-state index is 10.5. The van der Waals surface area contributed by atoms with Crippen LogP contribution in [0.4, 0.5) is 0 Å². The number of carbonyl (C=O) groups is 2. The standard InChI is InChI=1S/C8H16N2O4/c9-6(8(13)14)3-1-2-4-10-7(12)5-11/h6,11H,1-5,9H2,(H,10,12)(H,13,14)/t6-/m0/s1. The normalized spacial score (nSPS) is 12.1. The number of carbonyl (C=O) groups excluding carboxylic acids is 1. The van der Waals surface area contributed by atoms with Crippen molar-refractivity contribution in [2.24, 2.45) is 5.73 Å². The van der Waals surface area contributed by atoms with E-state index in [-0.39, 0.29) is 0 Å². The molecule has 0 rings (SSSR count). The van der Waals surface area contributed by atoms with Crippen LogP contribution in [0.2, 0.25) is 0 Å². The van der Waals surface area contributed by atoms with Crippen molar-refractivity contribution < 1.29 is 19.8 Å². The number of carboxylic acids is 1. The van der Waals surface area contributed by atoms with E-state index in [0.29, 0.717) is 25.8 Å². The highest BCUT2D eigenvalue weighted by molar-refractivity contribution is 5.76. The van der Waals surface area contributed by atoms with Crippen molar-refractivity contribution in [3.8, 4) is 0 Å². The number of aliphatic carboxylic acids is 1. The summed E-state index contributed by atoms with van der Waals surface area (Å²) >= 11 is 0. The minimum absolute atomic E-state index is 0.393. The van der Waals surface area contributed by atoms with Gasteiger partial charge in [-0.05, 0) is 19.3 Å². The Morgan fingerprint density at radius 3 is 2.50 bits per heavy atom. The second-order valence-electron chi connectivity index (χ2n) is 2.95. The quantitative estimate of drug-likeness (QED) is 0.384. The first-order chi connectivity index (χ1) is 6.57. The third kappa shape index (κ3) is 6.38. The smallest absolute Gasteiger partial charge is 0.320 e. The van der Waals surface area contributed by atoms with Gasteiger partial charge in [0.1, 0.15) is 12.6 Å². The Morgan fingerprint density at radius 2 is 2.00 bits per heavy atom. The molecule has 0 aliphatic carbocycles. The second kappa shape index (κ2) is 7.28. The summed E-state index contributed by atoms with van der Waals surface area (Å²) in [6.07, 6.45) is 1.69. The maximum Gasteiger partial charge on any atom is 0.320 e. The highest BCUT2D eigenvalue weighted by atomic mass is 16.4. The van der Waals surface area contributed by atoms with E-state index in [1.807, 2.05) is 0 Å². The molecular formula is C8H16N2O4. The zero-order valence-electron chi connectivity index (χ0n) is 7.90. The van der Waals surface area contributed by atoms with Gasteiger partial charge < -0.3 is 21.3 Å². The number of nitrogens with two attached hydrogens (primary N) is 1. The fraction of sp³-hybridized carbons (Fsp3) is 0.750. The summed E-state index contributed by atoms with van der Waals surface area (Å²) in [6.45, 7) is -0.0830. The lowest BCUT2D eigenvalue weighted by Crippen LogP contribution is -2.30. The van der Waals surface area contributed by atoms with Gasteiger partial charge in [0.2, 0.25) is 5.91 Å². The first-order valence-corrected chi connectivity index (χ1v) is 4.44. The minimum atomic E-state index is -1.01. The van der Waals surface area contributed by atoms with E-state index in [0.717, 1.165) is 0 Å². The summed E-state index contributed by atoms with van der Waals surface area (Å²) in [5.41, 5.74) is 5.26. The number of carboxylic acid groups (broad SMARTS) is 1. The third-order valence-electron chi connectivity index (χ3n) is 1.72. The summed E-state index contributed by atoms with van der Waals surface area (Å²) < 4.78 is 0. The molecule has 0 saturated heterocycles. The fourth-order valence-electron chi connectivity index (χ4n) is 0.896. The summed E-state index contributed by atoms with van der Waals surface area (Å²) in [5, 5.41) is 19.2. The predicted molar refractivity (Wildman–Crippen MR) is 49.6 cm³/mol. The van der Waals surface area contributed by atoms with Crippen LogP contribution in [0.1, 0.15) is 19.3 Å². The van der Waals surface area contributed by atoms with E-state index in [9.17, 15) is 9.59 Å². The van der Waals surface area contributed by atoms with Crippen LogP contribution in [-0.2, 0) is 9.59 Å². The predicted octanol–water partition coefficient (Wildman–Crippen LogP) is -1.32. The summed E-state index contributed by atoms with van der Waals surface area (Å²) in [4.78, 5) is 20.8. The molecule has 0 saturated carbocycles. The Morgan fingerprint density at radius 1 is 1.36 bits per heavy atom. The number of nitrogens with one attached hydrogen (secondary N) is 1. The van der Waals surface area contributed by atoms with Crippen LogP contribution in [0.5, 0.6) is 0 Å². The molecule has 0 aromatic carbocycles. The van der Waals surface area contributed by atoms with E-state index >= 15 is 0 Å². The monoisotopic (exact) mass is 204 g/mol. The Kier molecular flexibility index (Phi) is 6.69. The Hall–Kier alpha value is -1.14. The van der Waals surface area contributed by atoms with Crippen LogP contribution in [-0.4, -0.2) is 41.3 Å². The number of aliphatic hydroxyl groups excluding tert-OH is 1. The number of aliphatic hydroxyl groups is 1. The van der Waals surface area contributed by atoms with Gasteiger partial charge in [-0.3, -0.25) is 9.59 Å². The van der Waals surface area contributed by atoms with Crippen molar-refractivity contribution >= 4 is 11.9 Å². The number of amides is 1. The number of hydrogen-bond acceptors (Lipinski definition) is 4. The van der Waals surface area contributed by atoms with Gasteiger partial charge in [0.05, 0.1) is 0 Å². The van der Waals surface area contributed by atoms with E-state index in [2.05, 4.69) is 5.32 Å². The Balaban J connectivity index is 3.30. The van der Waals surface area contributed by atoms with Crippen LogP contribution < -0.4 is 11.1 Å². The molecule has 5 N–H and O–H groups in total. The molecule has 1 amide bonds. The van der Waals surface area contributed by atoms with Crippen LogP contribution in [0.15, 0.2) is 0 Å². The van der Waals surface area contributed by atoms with Gasteiger partial charge >= 0.3 is 5.97 Å². The van der Waals surface area contributed by atoms with Crippen LogP contribution in [0.25, 0.3) is 0 Å². The molecule has 0 aromatic heterocycles. The van der Waals surface area contributed by atoms with Crippen molar-refractivity contribution in [2.75, 3.05) is 13.2 Å². The SMILES string of the molecule is N[C@@H](CCCCNC(=O)CO)C(=O)O. The molecule has 0 aromatic rings. The van der Waals surface area contributed by atoms with Crippen LogP contribution >= 0.6 is 0 Å². The van der Waals surface area contributed by atoms with Gasteiger partial charge in [0.15, 0.2) is 0 Å². The van der Waals surface area contributed by atoms with Gasteiger partial charge in [0, 0.05) is 6.54 Å². The molecule has 0 heterocycles. The van der Waals surface area contributed by atoms with Crippen LogP contribution in [0, 0.1) is 0 Å². The maximum atomic E-state index is 10.5. The molecular weight excluding hydrogens is 188 g/mol. The fourth-order valence-corrected chi connectivity index (χ4v) is 0.896. The Labute approximate surface area is 82.1 Å². The van der Waals surface area contributed by atoms with E-state index in [1.54, 1.807) is 0 Å². The number of unbranched alkanes of at least 4 members (excludes halogenated alkanes) is 1. The van der Waals surface area contributed by atoms with Gasteiger partial charge in [-0.25, -0.2) is 0 Å². The first kappa shape index (κ1) is 12.9. The molecule has 0 fully saturated rings. The number of rotatable bonds is 7. The summed E-state index contributed by atoms with van der Waals surface area (Å²) in [7, 11) is 0.